The van der Waals surface area contributed by atoms with Crippen molar-refractivity contribution in [2.24, 2.45) is 0 Å². The Morgan fingerprint density at radius 1 is 1.09 bits per heavy atom. The van der Waals surface area contributed by atoms with Gasteiger partial charge in [0.2, 0.25) is 5.91 Å². The molecule has 2 aromatic carbocycles. The van der Waals surface area contributed by atoms with Crippen LogP contribution in [0.1, 0.15) is 47.2 Å². The first-order valence-electron chi connectivity index (χ1n) is 7.99. The molecule has 122 valence electrons. The highest BCUT2D eigenvalue weighted by atomic mass is 19.1. The molecule has 1 atom stereocenters. The molecule has 1 N–H and O–H groups in total. The average Bonchev–Trinajstić information content (AvgIpc) is 2.50. The molecule has 1 unspecified atom stereocenters. The molecular formula is C20H24FNO. The lowest BCUT2D eigenvalue weighted by Crippen LogP contribution is -2.27. The first kappa shape index (κ1) is 17.2. The highest BCUT2D eigenvalue weighted by Crippen LogP contribution is 2.21. The van der Waals surface area contributed by atoms with E-state index >= 15 is 0 Å². The lowest BCUT2D eigenvalue weighted by atomic mass is 9.96. The Morgan fingerprint density at radius 3 is 2.43 bits per heavy atom. The van der Waals surface area contributed by atoms with Crippen LogP contribution in [0.3, 0.4) is 0 Å². The van der Waals surface area contributed by atoms with Crippen molar-refractivity contribution in [3.63, 3.8) is 0 Å². The normalized spacial score (nSPS) is 12.0. The monoisotopic (exact) mass is 313 g/mol. The quantitative estimate of drug-likeness (QED) is 0.861. The van der Waals surface area contributed by atoms with Gasteiger partial charge < -0.3 is 5.32 Å². The summed E-state index contributed by atoms with van der Waals surface area (Å²) in [6, 6.07) is 10.8. The van der Waals surface area contributed by atoms with E-state index in [-0.39, 0.29) is 24.2 Å². The summed E-state index contributed by atoms with van der Waals surface area (Å²) in [6.07, 6.45) is 0.701. The Labute approximate surface area is 137 Å². The number of nitrogens with one attached hydrogen (secondary N) is 1. The molecule has 3 heteroatoms. The second kappa shape index (κ2) is 7.40. The fourth-order valence-electron chi connectivity index (χ4n) is 2.79. The van der Waals surface area contributed by atoms with Gasteiger partial charge >= 0.3 is 0 Å². The Hall–Kier alpha value is -2.16. The van der Waals surface area contributed by atoms with Crippen molar-refractivity contribution in [1.29, 1.82) is 0 Å². The average molecular weight is 313 g/mol. The summed E-state index contributed by atoms with van der Waals surface area (Å²) in [4.78, 5) is 12.1. The van der Waals surface area contributed by atoms with Gasteiger partial charge in [-0.15, -0.1) is 0 Å². The highest BCUT2D eigenvalue weighted by molar-refractivity contribution is 5.76. The number of halogens is 1. The lowest BCUT2D eigenvalue weighted by Gasteiger charge is -2.18. The summed E-state index contributed by atoms with van der Waals surface area (Å²) in [5.74, 6) is -0.309. The second-order valence-corrected chi connectivity index (χ2v) is 6.17. The third-order valence-electron chi connectivity index (χ3n) is 4.31. The molecule has 1 amide bonds. The molecule has 23 heavy (non-hydrogen) atoms. The van der Waals surface area contributed by atoms with Gasteiger partial charge in [0.15, 0.2) is 0 Å². The number of rotatable bonds is 5. The van der Waals surface area contributed by atoms with Crippen molar-refractivity contribution in [2.75, 3.05) is 0 Å². The molecular weight excluding hydrogens is 289 g/mol. The molecule has 0 heterocycles. The number of hydrogen-bond acceptors (Lipinski definition) is 1. The minimum Gasteiger partial charge on any atom is -0.350 e. The molecule has 0 saturated carbocycles. The van der Waals surface area contributed by atoms with Gasteiger partial charge in [-0.1, -0.05) is 30.3 Å². The summed E-state index contributed by atoms with van der Waals surface area (Å²) in [6.45, 7) is 8.21. The number of aryl methyl sites for hydroxylation is 4. The van der Waals surface area contributed by atoms with Gasteiger partial charge in [0, 0.05) is 6.42 Å². The summed E-state index contributed by atoms with van der Waals surface area (Å²) in [5, 5.41) is 3.01. The van der Waals surface area contributed by atoms with E-state index in [1.54, 1.807) is 18.2 Å². The Balaban J connectivity index is 1.97. The molecule has 0 bridgehead atoms. The Kier molecular flexibility index (Phi) is 5.54. The van der Waals surface area contributed by atoms with E-state index in [9.17, 15) is 9.18 Å². The van der Waals surface area contributed by atoms with E-state index in [1.807, 2.05) is 6.92 Å². The topological polar surface area (TPSA) is 29.1 Å². The molecule has 0 aromatic heterocycles. The van der Waals surface area contributed by atoms with Crippen LogP contribution in [0.2, 0.25) is 0 Å². The van der Waals surface area contributed by atoms with Crippen molar-refractivity contribution in [3.05, 3.63) is 70.0 Å². The number of hydrogen-bond donors (Lipinski definition) is 1. The summed E-state index contributed by atoms with van der Waals surface area (Å²) < 4.78 is 13.6. The highest BCUT2D eigenvalue weighted by Gasteiger charge is 2.13. The van der Waals surface area contributed by atoms with Crippen LogP contribution in [0.15, 0.2) is 36.4 Å². The van der Waals surface area contributed by atoms with E-state index in [0.29, 0.717) is 12.0 Å². The van der Waals surface area contributed by atoms with Crippen LogP contribution >= 0.6 is 0 Å². The summed E-state index contributed by atoms with van der Waals surface area (Å²) in [7, 11) is 0. The maximum Gasteiger partial charge on any atom is 0.220 e. The van der Waals surface area contributed by atoms with Gasteiger partial charge in [0.25, 0.3) is 0 Å². The van der Waals surface area contributed by atoms with Crippen molar-refractivity contribution in [2.45, 2.75) is 46.6 Å². The molecule has 0 aliphatic rings. The predicted molar refractivity (Wildman–Crippen MR) is 91.9 cm³/mol. The Morgan fingerprint density at radius 2 is 1.74 bits per heavy atom. The molecule has 0 aliphatic carbocycles. The fraction of sp³-hybridized carbons (Fsp3) is 0.350. The van der Waals surface area contributed by atoms with Crippen LogP contribution < -0.4 is 5.32 Å². The summed E-state index contributed by atoms with van der Waals surface area (Å²) >= 11 is 0. The van der Waals surface area contributed by atoms with Gasteiger partial charge in [-0.05, 0) is 68.0 Å². The minimum absolute atomic E-state index is 0.0533. The second-order valence-electron chi connectivity index (χ2n) is 6.17. The van der Waals surface area contributed by atoms with E-state index < -0.39 is 0 Å². The first-order valence-corrected chi connectivity index (χ1v) is 7.99. The molecule has 0 fully saturated rings. The van der Waals surface area contributed by atoms with Gasteiger partial charge in [0.05, 0.1) is 6.04 Å². The van der Waals surface area contributed by atoms with E-state index in [2.05, 4.69) is 38.2 Å². The van der Waals surface area contributed by atoms with E-state index in [4.69, 9.17) is 0 Å². The van der Waals surface area contributed by atoms with Gasteiger partial charge in [-0.25, -0.2) is 4.39 Å². The third kappa shape index (κ3) is 4.41. The van der Waals surface area contributed by atoms with Crippen molar-refractivity contribution < 1.29 is 9.18 Å². The molecule has 2 nitrogen and oxygen atoms in total. The van der Waals surface area contributed by atoms with Crippen LogP contribution in [0, 0.1) is 26.6 Å². The van der Waals surface area contributed by atoms with Crippen molar-refractivity contribution >= 4 is 5.91 Å². The first-order chi connectivity index (χ1) is 10.9. The van der Waals surface area contributed by atoms with E-state index in [1.165, 1.54) is 22.8 Å². The van der Waals surface area contributed by atoms with Gasteiger partial charge in [-0.3, -0.25) is 4.79 Å². The maximum absolute atomic E-state index is 13.6. The number of benzene rings is 2. The SMILES string of the molecule is Cc1cc(C)c(C(C)NC(=O)CCc2ccccc2F)cc1C. The minimum atomic E-state index is -0.252. The number of carbonyl (C=O) groups excluding carboxylic acids is 1. The van der Waals surface area contributed by atoms with Gasteiger partial charge in [-0.2, -0.15) is 0 Å². The smallest absolute Gasteiger partial charge is 0.220 e. The van der Waals surface area contributed by atoms with Crippen LogP contribution in [-0.4, -0.2) is 5.91 Å². The molecule has 0 aliphatic heterocycles. The van der Waals surface area contributed by atoms with Crippen LogP contribution in [0.5, 0.6) is 0 Å². The standard InChI is InChI=1S/C20H24FNO/c1-13-11-15(3)18(12-14(13)2)16(4)22-20(23)10-9-17-7-5-6-8-19(17)21/h5-8,11-12,16H,9-10H2,1-4H3,(H,22,23). The van der Waals surface area contributed by atoms with Gasteiger partial charge in [0.1, 0.15) is 5.82 Å². The number of amides is 1. The lowest BCUT2D eigenvalue weighted by molar-refractivity contribution is -0.121. The Bertz CT molecular complexity index is 709. The molecule has 2 rings (SSSR count). The van der Waals surface area contributed by atoms with Crippen LogP contribution in [-0.2, 0) is 11.2 Å². The zero-order valence-electron chi connectivity index (χ0n) is 14.2. The third-order valence-corrected chi connectivity index (χ3v) is 4.31. The fourth-order valence-corrected chi connectivity index (χ4v) is 2.79. The number of carbonyl (C=O) groups is 1. The zero-order chi connectivity index (χ0) is 17.0. The molecule has 0 spiro atoms. The molecule has 0 radical (unpaired) electrons. The predicted octanol–water partition coefficient (Wildman–Crippen LogP) is 4.56. The molecule has 0 saturated heterocycles. The largest absolute Gasteiger partial charge is 0.350 e. The van der Waals surface area contributed by atoms with E-state index in [0.717, 1.165) is 5.56 Å². The zero-order valence-corrected chi connectivity index (χ0v) is 14.2. The summed E-state index contributed by atoms with van der Waals surface area (Å²) in [5.41, 5.74) is 5.36. The maximum atomic E-state index is 13.6. The van der Waals surface area contributed by atoms with Crippen molar-refractivity contribution in [3.8, 4) is 0 Å². The van der Waals surface area contributed by atoms with Crippen molar-refractivity contribution in [1.82, 2.24) is 5.32 Å². The van der Waals surface area contributed by atoms with Crippen LogP contribution in [0.25, 0.3) is 0 Å². The van der Waals surface area contributed by atoms with Crippen LogP contribution in [0.4, 0.5) is 4.39 Å². The molecule has 2 aromatic rings.